The van der Waals surface area contributed by atoms with Gasteiger partial charge in [-0.1, -0.05) is 41.9 Å². The Labute approximate surface area is 184 Å². The summed E-state index contributed by atoms with van der Waals surface area (Å²) in [6.45, 7) is -0.155. The van der Waals surface area contributed by atoms with Crippen molar-refractivity contribution in [2.45, 2.75) is 0 Å². The number of carbonyl (C=O) groups is 1. The largest absolute Gasteiger partial charge is 0.497 e. The smallest absolute Gasteiger partial charge is 0.241 e. The summed E-state index contributed by atoms with van der Waals surface area (Å²) in [6.07, 6.45) is 3.73. The van der Waals surface area contributed by atoms with Crippen molar-refractivity contribution in [1.29, 1.82) is 0 Å². The van der Waals surface area contributed by atoms with Crippen molar-refractivity contribution >= 4 is 40.6 Å². The van der Waals surface area contributed by atoms with Gasteiger partial charge in [0.2, 0.25) is 5.88 Å². The number of nitrogens with zero attached hydrogens (tertiary/aromatic N) is 2. The molecule has 0 atom stereocenters. The molecule has 5 nitrogen and oxygen atoms in total. The zero-order valence-electron chi connectivity index (χ0n) is 16.8. The molecule has 0 unspecified atom stereocenters. The Hall–Kier alpha value is -3.70. The third-order valence-electron chi connectivity index (χ3n) is 4.62. The molecule has 0 aliphatic rings. The highest BCUT2D eigenvalue weighted by atomic mass is 35.5. The van der Waals surface area contributed by atoms with Crippen molar-refractivity contribution < 1.29 is 14.3 Å². The first kappa shape index (κ1) is 20.6. The summed E-state index contributed by atoms with van der Waals surface area (Å²) >= 11 is 5.89. The molecule has 4 rings (SSSR count). The number of fused-ring (bicyclic) bond motifs is 1. The zero-order valence-corrected chi connectivity index (χ0v) is 17.5. The van der Waals surface area contributed by atoms with Crippen LogP contribution in [0.3, 0.4) is 0 Å². The predicted octanol–water partition coefficient (Wildman–Crippen LogP) is 5.72. The van der Waals surface area contributed by atoms with Gasteiger partial charge < -0.3 is 9.47 Å². The molecule has 0 bridgehead atoms. The first-order valence-corrected chi connectivity index (χ1v) is 10.0. The standard InChI is InChI=1S/C25H19ClN2O3/c1-30-20-13-6-17(7-14-20)8-15-23-25(28-22-5-3-2-4-21(22)27-23)31-16-24(29)18-9-11-19(26)12-10-18/h2-15H,16H2,1H3. The monoisotopic (exact) mass is 430 g/mol. The van der Waals surface area contributed by atoms with Crippen LogP contribution in [0.15, 0.2) is 72.8 Å². The number of ether oxygens (including phenoxy) is 2. The molecule has 1 aromatic heterocycles. The molecule has 31 heavy (non-hydrogen) atoms. The third kappa shape index (κ3) is 5.08. The average Bonchev–Trinajstić information content (AvgIpc) is 2.81. The number of aromatic nitrogens is 2. The molecule has 0 radical (unpaired) electrons. The molecule has 0 amide bonds. The molecule has 0 N–H and O–H groups in total. The SMILES string of the molecule is COc1ccc(C=Cc2nc3ccccc3nc2OCC(=O)c2ccc(Cl)cc2)cc1. The van der Waals surface area contributed by atoms with Crippen LogP contribution in [0, 0.1) is 0 Å². The Morgan fingerprint density at radius 1 is 0.903 bits per heavy atom. The minimum Gasteiger partial charge on any atom is -0.497 e. The second-order valence-electron chi connectivity index (χ2n) is 6.73. The van der Waals surface area contributed by atoms with Gasteiger partial charge in [-0.05, 0) is 60.2 Å². The van der Waals surface area contributed by atoms with Crippen LogP contribution in [0.2, 0.25) is 5.02 Å². The van der Waals surface area contributed by atoms with Crippen LogP contribution in [-0.4, -0.2) is 29.5 Å². The van der Waals surface area contributed by atoms with E-state index in [-0.39, 0.29) is 12.4 Å². The fourth-order valence-corrected chi connectivity index (χ4v) is 3.08. The number of methoxy groups -OCH3 is 1. The Morgan fingerprint density at radius 3 is 2.26 bits per heavy atom. The van der Waals surface area contributed by atoms with Crippen molar-refractivity contribution in [3.05, 3.63) is 94.6 Å². The van der Waals surface area contributed by atoms with Crippen molar-refractivity contribution in [3.63, 3.8) is 0 Å². The lowest BCUT2D eigenvalue weighted by Crippen LogP contribution is -2.13. The molecule has 0 spiro atoms. The number of halogens is 1. The number of para-hydroxylation sites is 2. The quantitative estimate of drug-likeness (QED) is 0.351. The maximum absolute atomic E-state index is 12.5. The van der Waals surface area contributed by atoms with E-state index in [1.807, 2.05) is 60.7 Å². The number of rotatable bonds is 7. The fourth-order valence-electron chi connectivity index (χ4n) is 2.96. The van der Waals surface area contributed by atoms with Gasteiger partial charge in [-0.15, -0.1) is 0 Å². The summed E-state index contributed by atoms with van der Waals surface area (Å²) in [5.41, 5.74) is 3.47. The van der Waals surface area contributed by atoms with Crippen molar-refractivity contribution in [2.75, 3.05) is 13.7 Å². The van der Waals surface area contributed by atoms with E-state index in [1.165, 1.54) is 0 Å². The first-order valence-electron chi connectivity index (χ1n) is 9.63. The first-order chi connectivity index (χ1) is 15.1. The van der Waals surface area contributed by atoms with Gasteiger partial charge in [0.1, 0.15) is 11.4 Å². The number of Topliss-reactive ketones (excluding diaryl/α,β-unsaturated/α-hetero) is 1. The van der Waals surface area contributed by atoms with Crippen molar-refractivity contribution in [2.24, 2.45) is 0 Å². The van der Waals surface area contributed by atoms with Gasteiger partial charge in [0.15, 0.2) is 12.4 Å². The number of hydrogen-bond acceptors (Lipinski definition) is 5. The average molecular weight is 431 g/mol. The van der Waals surface area contributed by atoms with Gasteiger partial charge in [0, 0.05) is 10.6 Å². The van der Waals surface area contributed by atoms with Gasteiger partial charge in [0.05, 0.1) is 18.1 Å². The van der Waals surface area contributed by atoms with Crippen LogP contribution < -0.4 is 9.47 Å². The van der Waals surface area contributed by atoms with Crippen LogP contribution in [0.1, 0.15) is 21.6 Å². The summed E-state index contributed by atoms with van der Waals surface area (Å²) in [6, 6.07) is 21.9. The van der Waals surface area contributed by atoms with Crippen LogP contribution >= 0.6 is 11.6 Å². The second-order valence-corrected chi connectivity index (χ2v) is 7.16. The van der Waals surface area contributed by atoms with Gasteiger partial charge in [-0.25, -0.2) is 9.97 Å². The van der Waals surface area contributed by atoms with Gasteiger partial charge in [-0.3, -0.25) is 4.79 Å². The molecule has 0 saturated carbocycles. The van der Waals surface area contributed by atoms with Gasteiger partial charge in [-0.2, -0.15) is 0 Å². The highest BCUT2D eigenvalue weighted by Gasteiger charge is 2.12. The minimum atomic E-state index is -0.170. The number of ketones is 1. The molecule has 0 fully saturated rings. The molecular weight excluding hydrogens is 412 g/mol. The predicted molar refractivity (Wildman–Crippen MR) is 123 cm³/mol. The van der Waals surface area contributed by atoms with E-state index in [1.54, 1.807) is 31.4 Å². The lowest BCUT2D eigenvalue weighted by atomic mass is 10.1. The zero-order chi connectivity index (χ0) is 21.6. The lowest BCUT2D eigenvalue weighted by molar-refractivity contribution is 0.0918. The van der Waals surface area contributed by atoms with Gasteiger partial charge in [0.25, 0.3) is 0 Å². The maximum atomic E-state index is 12.5. The normalized spacial score (nSPS) is 11.0. The van der Waals surface area contributed by atoms with E-state index in [4.69, 9.17) is 21.1 Å². The van der Waals surface area contributed by atoms with Crippen LogP contribution in [0.5, 0.6) is 11.6 Å². The molecule has 1 heterocycles. The maximum Gasteiger partial charge on any atom is 0.241 e. The summed E-state index contributed by atoms with van der Waals surface area (Å²) in [4.78, 5) is 21.7. The van der Waals surface area contributed by atoms with E-state index < -0.39 is 0 Å². The third-order valence-corrected chi connectivity index (χ3v) is 4.87. The van der Waals surface area contributed by atoms with E-state index >= 15 is 0 Å². The second kappa shape index (κ2) is 9.41. The summed E-state index contributed by atoms with van der Waals surface area (Å²) in [7, 11) is 1.63. The Bertz CT molecular complexity index is 1240. The van der Waals surface area contributed by atoms with Crippen molar-refractivity contribution in [1.82, 2.24) is 9.97 Å². The molecule has 0 aliphatic carbocycles. The Balaban J connectivity index is 1.60. The molecule has 0 aliphatic heterocycles. The lowest BCUT2D eigenvalue weighted by Gasteiger charge is -2.09. The highest BCUT2D eigenvalue weighted by molar-refractivity contribution is 6.30. The Morgan fingerprint density at radius 2 is 1.58 bits per heavy atom. The molecule has 4 aromatic rings. The Kier molecular flexibility index (Phi) is 6.24. The van der Waals surface area contributed by atoms with E-state index in [0.717, 1.165) is 16.8 Å². The fraction of sp³-hybridized carbons (Fsp3) is 0.0800. The molecule has 154 valence electrons. The van der Waals surface area contributed by atoms with E-state index in [2.05, 4.69) is 9.97 Å². The number of hydrogen-bond donors (Lipinski definition) is 0. The van der Waals surface area contributed by atoms with E-state index in [9.17, 15) is 4.79 Å². The van der Waals surface area contributed by atoms with E-state index in [0.29, 0.717) is 27.7 Å². The summed E-state index contributed by atoms with van der Waals surface area (Å²) < 4.78 is 11.0. The van der Waals surface area contributed by atoms with Gasteiger partial charge >= 0.3 is 0 Å². The highest BCUT2D eigenvalue weighted by Crippen LogP contribution is 2.22. The van der Waals surface area contributed by atoms with Crippen molar-refractivity contribution in [3.8, 4) is 11.6 Å². The molecule has 6 heteroatoms. The topological polar surface area (TPSA) is 61.3 Å². The number of carbonyl (C=O) groups excluding carboxylic acids is 1. The van der Waals surface area contributed by atoms with Crippen LogP contribution in [0.25, 0.3) is 23.2 Å². The minimum absolute atomic E-state index is 0.155. The summed E-state index contributed by atoms with van der Waals surface area (Å²) in [5, 5.41) is 0.573. The summed E-state index contributed by atoms with van der Waals surface area (Å²) in [5.74, 6) is 0.912. The molecular formula is C25H19ClN2O3. The van der Waals surface area contributed by atoms with Crippen LogP contribution in [0.4, 0.5) is 0 Å². The molecule has 0 saturated heterocycles. The molecule has 3 aromatic carbocycles. The number of benzene rings is 3. The van der Waals surface area contributed by atoms with Crippen LogP contribution in [-0.2, 0) is 0 Å².